The largest absolute Gasteiger partial charge is 0 e. The zero-order valence-corrected chi connectivity index (χ0v) is 25.9. The van der Waals surface area contributed by atoms with E-state index in [2.05, 4.69) is 34.3 Å². The zero-order valence-electron chi connectivity index (χ0n) is 22.0. The number of hydrogen-bond donors (Lipinski definition) is 3. The summed E-state index contributed by atoms with van der Waals surface area (Å²) < 4.78 is 11.3. The first kappa shape index (κ1) is 42.6. The van der Waals surface area contributed by atoms with E-state index >= 15 is 0 Å². The van der Waals surface area contributed by atoms with E-state index in [-0.39, 0.29) is 26.9 Å². The molecule has 1 aromatic carbocycles. The monoisotopic (exact) mass is 610 g/mol. The molecule has 204 valence electrons. The van der Waals surface area contributed by atoms with Crippen LogP contribution in [0.2, 0.25) is 0 Å². The summed E-state index contributed by atoms with van der Waals surface area (Å²) in [6.45, 7) is 8.00. The van der Waals surface area contributed by atoms with Gasteiger partial charge in [0.15, 0.2) is 0 Å². The maximum atomic E-state index is 8.17. The fourth-order valence-electron chi connectivity index (χ4n) is 5.13. The van der Waals surface area contributed by atoms with Crippen LogP contribution >= 0.6 is 0 Å². The molecule has 4 radical (unpaired) electrons. The molecular weight excluding hydrogens is 557 g/mol. The molecule has 3 saturated carbocycles. The summed E-state index contributed by atoms with van der Waals surface area (Å²) in [5, 5.41) is 7.03. The molecule has 4 atom stereocenters. The number of rotatable bonds is 2. The third-order valence-electron chi connectivity index (χ3n) is 6.57. The SMILES string of the molecule is C.CC.CC.NC1CCC(C2CCCCC2)C1.NC1CCC(c2ccccc2)C1.O[O][Al].[O]=[Al].[Rh]. The molecule has 5 nitrogen and oxygen atoms in total. The molecule has 4 rings (SSSR count). The predicted octanol–water partition coefficient (Wildman–Crippen LogP) is 6.72. The Balaban J connectivity index is -0.000000199. The molecule has 3 aliphatic rings. The summed E-state index contributed by atoms with van der Waals surface area (Å²) in [4.78, 5) is 0. The number of nitrogens with two attached hydrogens (primary N) is 2. The van der Waals surface area contributed by atoms with Gasteiger partial charge in [0.2, 0.25) is 0 Å². The van der Waals surface area contributed by atoms with E-state index in [4.69, 9.17) is 20.5 Å². The molecule has 8 heteroatoms. The molecule has 0 bridgehead atoms. The Hall–Kier alpha value is 0.548. The van der Waals surface area contributed by atoms with Crippen LogP contribution in [0.3, 0.4) is 0 Å². The molecule has 0 aliphatic heterocycles. The summed E-state index contributed by atoms with van der Waals surface area (Å²) in [6, 6.07) is 11.7. The van der Waals surface area contributed by atoms with Crippen LogP contribution in [-0.4, -0.2) is 50.2 Å². The van der Waals surface area contributed by atoms with Gasteiger partial charge in [0, 0.05) is 31.6 Å². The van der Waals surface area contributed by atoms with Crippen LogP contribution in [0.15, 0.2) is 30.3 Å². The molecule has 1 aromatic rings. The minimum atomic E-state index is 0. The number of hydrogen-bond acceptors (Lipinski definition) is 5. The van der Waals surface area contributed by atoms with Gasteiger partial charge < -0.3 is 15.4 Å². The second kappa shape index (κ2) is 30.8. The van der Waals surface area contributed by atoms with Gasteiger partial charge in [-0.15, -0.1) is 0 Å². The maximum absolute atomic E-state index is 8.17. The Bertz CT molecular complexity index is 524. The predicted molar refractivity (Wildman–Crippen MR) is 148 cm³/mol. The minimum absolute atomic E-state index is 0. The van der Waals surface area contributed by atoms with Crippen molar-refractivity contribution in [3.05, 3.63) is 35.9 Å². The van der Waals surface area contributed by atoms with Crippen molar-refractivity contribution in [1.29, 1.82) is 0 Å². The Morgan fingerprint density at radius 2 is 1.23 bits per heavy atom. The number of benzene rings is 1. The van der Waals surface area contributed by atoms with Crippen LogP contribution in [0.4, 0.5) is 0 Å². The van der Waals surface area contributed by atoms with Gasteiger partial charge in [-0.2, -0.15) is 0 Å². The molecular formula is C27H53Al2N2O3Rh. The van der Waals surface area contributed by atoms with E-state index in [9.17, 15) is 0 Å². The van der Waals surface area contributed by atoms with Gasteiger partial charge in [0.1, 0.15) is 0 Å². The third kappa shape index (κ3) is 20.2. The Morgan fingerprint density at radius 1 is 0.771 bits per heavy atom. The molecule has 3 aliphatic carbocycles. The van der Waals surface area contributed by atoms with Crippen molar-refractivity contribution >= 4 is 32.8 Å². The van der Waals surface area contributed by atoms with Crippen LogP contribution < -0.4 is 11.5 Å². The zero-order chi connectivity index (χ0) is 25.5. The van der Waals surface area contributed by atoms with E-state index in [1.165, 1.54) is 92.4 Å². The van der Waals surface area contributed by atoms with E-state index in [1.807, 2.05) is 27.7 Å². The van der Waals surface area contributed by atoms with Crippen molar-refractivity contribution in [3.8, 4) is 0 Å². The van der Waals surface area contributed by atoms with E-state index in [0.29, 0.717) is 12.1 Å². The molecule has 0 amide bonds. The fraction of sp³-hybridized carbons (Fsp3) is 0.778. The quantitative estimate of drug-likeness (QED) is 0.196. The Kier molecular flexibility index (Phi) is 37.5. The van der Waals surface area contributed by atoms with Crippen molar-refractivity contribution in [2.24, 2.45) is 23.3 Å². The van der Waals surface area contributed by atoms with E-state index < -0.39 is 0 Å². The maximum Gasteiger partial charge on any atom is 0 e. The van der Waals surface area contributed by atoms with Gasteiger partial charge in [-0.05, 0) is 61.8 Å². The summed E-state index contributed by atoms with van der Waals surface area (Å²) in [6.07, 6.45) is 15.1. The fourth-order valence-corrected chi connectivity index (χ4v) is 5.13. The van der Waals surface area contributed by atoms with Gasteiger partial charge >= 0.3 is 36.7 Å². The van der Waals surface area contributed by atoms with Gasteiger partial charge in [0.05, 0.1) is 0 Å². The molecule has 0 saturated heterocycles. The van der Waals surface area contributed by atoms with Crippen molar-refractivity contribution in [3.63, 3.8) is 0 Å². The van der Waals surface area contributed by atoms with Gasteiger partial charge in [-0.1, -0.05) is 97.6 Å². The smallest absolute Gasteiger partial charge is 0 e. The molecule has 4 unspecified atom stereocenters. The van der Waals surface area contributed by atoms with Crippen LogP contribution in [0.1, 0.15) is 117 Å². The van der Waals surface area contributed by atoms with Crippen LogP contribution in [0.5, 0.6) is 0 Å². The van der Waals surface area contributed by atoms with Crippen LogP contribution in [-0.2, 0) is 27.2 Å². The van der Waals surface area contributed by atoms with Crippen molar-refractivity contribution in [2.45, 2.75) is 124 Å². The molecule has 3 fully saturated rings. The molecule has 0 aromatic heterocycles. The van der Waals surface area contributed by atoms with E-state index in [1.54, 1.807) is 16.6 Å². The van der Waals surface area contributed by atoms with E-state index in [0.717, 1.165) is 17.8 Å². The molecule has 35 heavy (non-hydrogen) atoms. The summed E-state index contributed by atoms with van der Waals surface area (Å²) in [7, 11) is 0. The van der Waals surface area contributed by atoms with Crippen molar-refractivity contribution < 1.29 is 32.5 Å². The van der Waals surface area contributed by atoms with Crippen LogP contribution in [0, 0.1) is 11.8 Å². The van der Waals surface area contributed by atoms with Crippen LogP contribution in [0.25, 0.3) is 0 Å². The first-order chi connectivity index (χ1) is 16.1. The Morgan fingerprint density at radius 3 is 1.63 bits per heavy atom. The van der Waals surface area contributed by atoms with Crippen molar-refractivity contribution in [2.75, 3.05) is 0 Å². The summed E-state index contributed by atoms with van der Waals surface area (Å²) >= 11 is 2.80. The topological polar surface area (TPSA) is 98.6 Å². The van der Waals surface area contributed by atoms with Gasteiger partial charge in [-0.25, -0.2) is 0 Å². The second-order valence-electron chi connectivity index (χ2n) is 8.52. The molecule has 0 spiro atoms. The van der Waals surface area contributed by atoms with Gasteiger partial charge in [0.25, 0.3) is 0 Å². The molecule has 0 heterocycles. The van der Waals surface area contributed by atoms with Gasteiger partial charge in [-0.3, -0.25) is 5.26 Å². The standard InChI is InChI=1S/C11H21N.C11H15N.2C2H6.CH4.2Al.H2O2.O.Rh/c2*12-11-7-6-10(8-11)9-4-2-1-3-5-9;2*1-2;;;;1-2;;/h9-11H,1-8,12H2;1-5,10-11H,6-8,12H2;2*1-2H3;1H4;;;1-2H;;/q;;;;;;+1;;;/p-1. The normalized spacial score (nSPS) is 24.2. The third-order valence-corrected chi connectivity index (χ3v) is 6.57. The Labute approximate surface area is 247 Å². The first-order valence-corrected chi connectivity index (χ1v) is 13.9. The minimum Gasteiger partial charge on any atom is 0 e. The average Bonchev–Trinajstić information content (AvgIpc) is 3.53. The first-order valence-electron chi connectivity index (χ1n) is 12.9. The second-order valence-corrected chi connectivity index (χ2v) is 8.73. The summed E-state index contributed by atoms with van der Waals surface area (Å²) in [5.41, 5.74) is 13.3. The summed E-state index contributed by atoms with van der Waals surface area (Å²) in [5.74, 6) is 2.77. The average molecular weight is 611 g/mol. The molecule has 5 N–H and O–H groups in total. The van der Waals surface area contributed by atoms with Crippen molar-refractivity contribution in [1.82, 2.24) is 0 Å².